The van der Waals surface area contributed by atoms with E-state index in [-0.39, 0.29) is 12.5 Å². The van der Waals surface area contributed by atoms with Crippen molar-refractivity contribution >= 4 is 29.1 Å². The second-order valence-electron chi connectivity index (χ2n) is 5.82. The summed E-state index contributed by atoms with van der Waals surface area (Å²) in [5, 5.41) is 12.2. The van der Waals surface area contributed by atoms with E-state index in [0.29, 0.717) is 22.6 Å². The van der Waals surface area contributed by atoms with Gasteiger partial charge in [0.1, 0.15) is 0 Å². The molecule has 0 spiro atoms. The highest BCUT2D eigenvalue weighted by Crippen LogP contribution is 2.19. The number of hydrogen-bond donors (Lipinski definition) is 3. The lowest BCUT2D eigenvalue weighted by Gasteiger charge is -2.19. The molecule has 0 saturated heterocycles. The first-order valence-corrected chi connectivity index (χ1v) is 8.20. The molecule has 3 aromatic rings. The minimum Gasteiger partial charge on any atom is -0.465 e. The van der Waals surface area contributed by atoms with Gasteiger partial charge < -0.3 is 16.2 Å². The summed E-state index contributed by atoms with van der Waals surface area (Å²) in [6.07, 6.45) is 1.99. The Bertz CT molecular complexity index is 943. The SMILES string of the molecule is Nc1ccccc1NC(=O)c1ccc(CN(C(=O)O)c2cccnc2)cc1. The highest BCUT2D eigenvalue weighted by Gasteiger charge is 2.15. The molecule has 0 atom stereocenters. The van der Waals surface area contributed by atoms with E-state index in [1.807, 2.05) is 0 Å². The van der Waals surface area contributed by atoms with E-state index in [2.05, 4.69) is 10.3 Å². The Morgan fingerprint density at radius 2 is 1.78 bits per heavy atom. The molecular weight excluding hydrogens is 344 g/mol. The first kappa shape index (κ1) is 17.9. The van der Waals surface area contributed by atoms with Crippen molar-refractivity contribution in [3.05, 3.63) is 84.2 Å². The first-order valence-electron chi connectivity index (χ1n) is 8.20. The number of aromatic nitrogens is 1. The van der Waals surface area contributed by atoms with Crippen LogP contribution < -0.4 is 16.0 Å². The Kier molecular flexibility index (Phi) is 5.32. The number of nitrogens with two attached hydrogens (primary N) is 1. The zero-order valence-electron chi connectivity index (χ0n) is 14.4. The molecule has 0 bridgehead atoms. The van der Waals surface area contributed by atoms with E-state index in [4.69, 9.17) is 5.73 Å². The van der Waals surface area contributed by atoms with Gasteiger partial charge in [0.2, 0.25) is 0 Å². The minimum atomic E-state index is -1.08. The number of hydrogen-bond acceptors (Lipinski definition) is 4. The minimum absolute atomic E-state index is 0.147. The van der Waals surface area contributed by atoms with Gasteiger partial charge in [0.25, 0.3) is 5.91 Å². The molecule has 7 nitrogen and oxygen atoms in total. The quantitative estimate of drug-likeness (QED) is 0.601. The van der Waals surface area contributed by atoms with Gasteiger partial charge in [0.15, 0.2) is 0 Å². The summed E-state index contributed by atoms with van der Waals surface area (Å²) in [5.74, 6) is -0.290. The fourth-order valence-corrected chi connectivity index (χ4v) is 2.53. The van der Waals surface area contributed by atoms with Gasteiger partial charge >= 0.3 is 6.09 Å². The number of nitrogen functional groups attached to an aromatic ring is 1. The third-order valence-corrected chi connectivity index (χ3v) is 3.95. The number of amides is 2. The smallest absolute Gasteiger partial charge is 0.412 e. The topological polar surface area (TPSA) is 109 Å². The number of para-hydroxylation sites is 2. The van der Waals surface area contributed by atoms with Gasteiger partial charge in [-0.05, 0) is 42.0 Å². The predicted octanol–water partition coefficient (Wildman–Crippen LogP) is 3.60. The summed E-state index contributed by atoms with van der Waals surface area (Å²) in [4.78, 5) is 29.0. The molecule has 7 heteroatoms. The number of benzene rings is 2. The number of anilines is 3. The van der Waals surface area contributed by atoms with Crippen molar-refractivity contribution in [1.82, 2.24) is 4.98 Å². The van der Waals surface area contributed by atoms with Crippen LogP contribution in [-0.2, 0) is 6.54 Å². The van der Waals surface area contributed by atoms with Crippen molar-refractivity contribution in [1.29, 1.82) is 0 Å². The lowest BCUT2D eigenvalue weighted by Crippen LogP contribution is -2.28. The van der Waals surface area contributed by atoms with E-state index in [1.165, 1.54) is 11.1 Å². The molecule has 136 valence electrons. The third-order valence-electron chi connectivity index (χ3n) is 3.95. The lowest BCUT2D eigenvalue weighted by molar-refractivity contribution is 0.102. The van der Waals surface area contributed by atoms with Crippen LogP contribution in [0.2, 0.25) is 0 Å². The standard InChI is InChI=1S/C20H18N4O3/c21-17-5-1-2-6-18(17)23-19(25)15-9-7-14(8-10-15)13-24(20(26)27)16-4-3-11-22-12-16/h1-12H,13,21H2,(H,23,25)(H,26,27). The zero-order valence-corrected chi connectivity index (χ0v) is 14.4. The highest BCUT2D eigenvalue weighted by molar-refractivity contribution is 6.05. The molecule has 4 N–H and O–H groups in total. The molecule has 2 amide bonds. The molecule has 0 radical (unpaired) electrons. The number of carbonyl (C=O) groups excluding carboxylic acids is 1. The molecule has 1 heterocycles. The summed E-state index contributed by atoms with van der Waals surface area (Å²) in [5.41, 5.74) is 8.53. The Morgan fingerprint density at radius 3 is 2.41 bits per heavy atom. The van der Waals surface area contributed by atoms with Crippen molar-refractivity contribution < 1.29 is 14.7 Å². The third kappa shape index (κ3) is 4.40. The van der Waals surface area contributed by atoms with E-state index < -0.39 is 6.09 Å². The number of nitrogens with zero attached hydrogens (tertiary/aromatic N) is 2. The molecule has 0 aliphatic carbocycles. The molecule has 0 aliphatic heterocycles. The highest BCUT2D eigenvalue weighted by atomic mass is 16.4. The average molecular weight is 362 g/mol. The van der Waals surface area contributed by atoms with Gasteiger partial charge in [-0.25, -0.2) is 4.79 Å². The summed E-state index contributed by atoms with van der Waals surface area (Å²) in [6, 6.07) is 17.1. The maximum atomic E-state index is 12.4. The Balaban J connectivity index is 1.72. The van der Waals surface area contributed by atoms with Gasteiger partial charge in [-0.3, -0.25) is 14.7 Å². The van der Waals surface area contributed by atoms with Crippen molar-refractivity contribution in [2.45, 2.75) is 6.54 Å². The van der Waals surface area contributed by atoms with E-state index in [1.54, 1.807) is 66.9 Å². The molecule has 0 unspecified atom stereocenters. The van der Waals surface area contributed by atoms with Gasteiger partial charge in [-0.15, -0.1) is 0 Å². The van der Waals surface area contributed by atoms with Crippen LogP contribution in [-0.4, -0.2) is 22.1 Å². The molecule has 0 saturated carbocycles. The van der Waals surface area contributed by atoms with Crippen LogP contribution in [0.4, 0.5) is 21.9 Å². The van der Waals surface area contributed by atoms with Gasteiger partial charge in [-0.1, -0.05) is 24.3 Å². The van der Waals surface area contributed by atoms with Gasteiger partial charge in [0.05, 0.1) is 29.8 Å². The Hall–Kier alpha value is -3.87. The maximum absolute atomic E-state index is 12.4. The number of nitrogens with one attached hydrogen (secondary N) is 1. The van der Waals surface area contributed by atoms with Crippen LogP contribution in [0.15, 0.2) is 73.1 Å². The first-order chi connectivity index (χ1) is 13.0. The monoisotopic (exact) mass is 362 g/mol. The van der Waals surface area contributed by atoms with E-state index in [9.17, 15) is 14.7 Å². The van der Waals surface area contributed by atoms with Crippen LogP contribution in [0.1, 0.15) is 15.9 Å². The van der Waals surface area contributed by atoms with Crippen LogP contribution >= 0.6 is 0 Å². The second kappa shape index (κ2) is 8.01. The fourth-order valence-electron chi connectivity index (χ4n) is 2.53. The van der Waals surface area contributed by atoms with Crippen molar-refractivity contribution in [2.75, 3.05) is 16.0 Å². The lowest BCUT2D eigenvalue weighted by atomic mass is 10.1. The summed E-state index contributed by atoms with van der Waals surface area (Å²) < 4.78 is 0. The van der Waals surface area contributed by atoms with Crippen molar-refractivity contribution in [3.63, 3.8) is 0 Å². The summed E-state index contributed by atoms with van der Waals surface area (Å²) in [7, 11) is 0. The van der Waals surface area contributed by atoms with Gasteiger partial charge in [-0.2, -0.15) is 0 Å². The predicted molar refractivity (Wildman–Crippen MR) is 104 cm³/mol. The Labute approximate surface area is 156 Å². The normalized spacial score (nSPS) is 10.2. The number of carboxylic acid groups (broad SMARTS) is 1. The molecule has 1 aromatic heterocycles. The van der Waals surface area contributed by atoms with Crippen LogP contribution in [0.25, 0.3) is 0 Å². The number of rotatable bonds is 5. The average Bonchev–Trinajstić information content (AvgIpc) is 2.68. The summed E-state index contributed by atoms with van der Waals surface area (Å²) in [6.45, 7) is 0.147. The molecule has 3 rings (SSSR count). The maximum Gasteiger partial charge on any atom is 0.412 e. The second-order valence-corrected chi connectivity index (χ2v) is 5.82. The molecule has 0 fully saturated rings. The summed E-state index contributed by atoms with van der Waals surface area (Å²) >= 11 is 0. The van der Waals surface area contributed by atoms with E-state index in [0.717, 1.165) is 5.56 Å². The number of carbonyl (C=O) groups is 2. The fraction of sp³-hybridized carbons (Fsp3) is 0.0500. The number of pyridine rings is 1. The molecule has 0 aliphatic rings. The van der Waals surface area contributed by atoms with Crippen molar-refractivity contribution in [2.24, 2.45) is 0 Å². The van der Waals surface area contributed by atoms with Crippen LogP contribution in [0.5, 0.6) is 0 Å². The zero-order chi connectivity index (χ0) is 19.2. The molecule has 2 aromatic carbocycles. The largest absolute Gasteiger partial charge is 0.465 e. The van der Waals surface area contributed by atoms with Crippen LogP contribution in [0, 0.1) is 0 Å². The van der Waals surface area contributed by atoms with Crippen LogP contribution in [0.3, 0.4) is 0 Å². The van der Waals surface area contributed by atoms with Crippen molar-refractivity contribution in [3.8, 4) is 0 Å². The van der Waals surface area contributed by atoms with E-state index >= 15 is 0 Å². The van der Waals surface area contributed by atoms with Gasteiger partial charge in [0, 0.05) is 11.8 Å². The Morgan fingerprint density at radius 1 is 1.04 bits per heavy atom. The molecular formula is C20H18N4O3. The molecule has 27 heavy (non-hydrogen) atoms.